The van der Waals surface area contributed by atoms with E-state index in [0.29, 0.717) is 11.4 Å². The van der Waals surface area contributed by atoms with E-state index in [-0.39, 0.29) is 23.1 Å². The van der Waals surface area contributed by atoms with Crippen molar-refractivity contribution in [1.82, 2.24) is 0 Å². The van der Waals surface area contributed by atoms with E-state index in [9.17, 15) is 10.1 Å². The number of allylic oxidation sites excluding steroid dienone is 2. The molecule has 0 saturated heterocycles. The van der Waals surface area contributed by atoms with Crippen LogP contribution in [0.1, 0.15) is 31.2 Å². The Morgan fingerprint density at radius 2 is 1.71 bits per heavy atom. The van der Waals surface area contributed by atoms with Crippen molar-refractivity contribution < 1.29 is 4.79 Å². The number of nitriles is 3. The molecule has 0 heterocycles. The van der Waals surface area contributed by atoms with Gasteiger partial charge in [-0.15, -0.1) is 0 Å². The smallest absolute Gasteiger partial charge is 0.227 e. The van der Waals surface area contributed by atoms with Crippen LogP contribution in [0.5, 0.6) is 0 Å². The second-order valence-corrected chi connectivity index (χ2v) is 5.73. The number of hydrogen-bond donors (Lipinski definition) is 2. The zero-order chi connectivity index (χ0) is 17.5. The number of amides is 1. The van der Waals surface area contributed by atoms with Gasteiger partial charge in [0.25, 0.3) is 0 Å². The summed E-state index contributed by atoms with van der Waals surface area (Å²) in [6.07, 6.45) is 3.89. The molecule has 24 heavy (non-hydrogen) atoms. The topological polar surface area (TPSA) is 112 Å². The molecule has 0 aromatic heterocycles. The molecule has 0 aliphatic heterocycles. The van der Waals surface area contributed by atoms with Gasteiger partial charge in [-0.1, -0.05) is 18.9 Å². The van der Waals surface area contributed by atoms with E-state index in [4.69, 9.17) is 10.5 Å². The van der Waals surface area contributed by atoms with Crippen LogP contribution in [0.2, 0.25) is 0 Å². The third kappa shape index (κ3) is 3.91. The first-order valence-electron chi connectivity index (χ1n) is 7.72. The van der Waals surface area contributed by atoms with E-state index in [1.807, 2.05) is 19.1 Å². The fraction of sp³-hybridized carbons (Fsp3) is 0.333. The van der Waals surface area contributed by atoms with Crippen molar-refractivity contribution in [2.24, 2.45) is 5.92 Å². The van der Waals surface area contributed by atoms with Crippen LogP contribution in [-0.2, 0) is 4.79 Å². The highest BCUT2D eigenvalue weighted by atomic mass is 16.1. The Hall–Kier alpha value is -3.30. The average molecular weight is 319 g/mol. The van der Waals surface area contributed by atoms with Crippen LogP contribution in [0.15, 0.2) is 29.5 Å². The number of hydrogen-bond acceptors (Lipinski definition) is 5. The van der Waals surface area contributed by atoms with E-state index in [1.165, 1.54) is 0 Å². The van der Waals surface area contributed by atoms with Crippen molar-refractivity contribution in [3.8, 4) is 18.2 Å². The number of anilines is 2. The highest BCUT2D eigenvalue weighted by Crippen LogP contribution is 2.29. The zero-order valence-corrected chi connectivity index (χ0v) is 13.4. The normalized spacial score (nSPS) is 13.2. The van der Waals surface area contributed by atoms with Crippen LogP contribution in [0.3, 0.4) is 0 Å². The van der Waals surface area contributed by atoms with E-state index >= 15 is 0 Å². The van der Waals surface area contributed by atoms with Gasteiger partial charge in [0.2, 0.25) is 5.91 Å². The summed E-state index contributed by atoms with van der Waals surface area (Å²) in [5.74, 6) is -0.0263. The van der Waals surface area contributed by atoms with Gasteiger partial charge in [-0.25, -0.2) is 0 Å². The van der Waals surface area contributed by atoms with Crippen LogP contribution in [0, 0.1) is 46.8 Å². The molecule has 6 heteroatoms. The summed E-state index contributed by atoms with van der Waals surface area (Å²) in [6.45, 7) is 1.87. The summed E-state index contributed by atoms with van der Waals surface area (Å²) >= 11 is 0. The summed E-state index contributed by atoms with van der Waals surface area (Å²) in [7, 11) is 0. The van der Waals surface area contributed by atoms with Gasteiger partial charge in [0.15, 0.2) is 5.57 Å². The maximum atomic E-state index is 12.3. The van der Waals surface area contributed by atoms with Gasteiger partial charge in [-0.05, 0) is 37.5 Å². The molecule has 1 fully saturated rings. The Morgan fingerprint density at radius 3 is 2.29 bits per heavy atom. The quantitative estimate of drug-likeness (QED) is 0.826. The Bertz CT molecular complexity index is 782. The third-order valence-electron chi connectivity index (χ3n) is 4.00. The van der Waals surface area contributed by atoms with Gasteiger partial charge in [0.1, 0.15) is 23.9 Å². The Kier molecular flexibility index (Phi) is 5.55. The second-order valence-electron chi connectivity index (χ2n) is 5.73. The van der Waals surface area contributed by atoms with Crippen molar-refractivity contribution in [3.63, 3.8) is 0 Å². The molecule has 1 aromatic rings. The standard InChI is InChI=1S/C18H17N5O/c1-12-6-7-15(23-18(24)13-4-2-3-5-13)16(8-12)22-17(11-21)14(9-19)10-20/h6-8,13,22H,2-5H2,1H3,(H,23,24). The van der Waals surface area contributed by atoms with E-state index in [0.717, 1.165) is 31.2 Å². The highest BCUT2D eigenvalue weighted by molar-refractivity contribution is 5.96. The molecule has 6 nitrogen and oxygen atoms in total. The van der Waals surface area contributed by atoms with E-state index in [1.54, 1.807) is 24.3 Å². The fourth-order valence-corrected chi connectivity index (χ4v) is 2.71. The van der Waals surface area contributed by atoms with Gasteiger partial charge in [-0.2, -0.15) is 15.8 Å². The minimum absolute atomic E-state index is 0.0129. The lowest BCUT2D eigenvalue weighted by Gasteiger charge is -2.15. The second kappa shape index (κ2) is 7.81. The van der Waals surface area contributed by atoms with Crippen LogP contribution in [0.25, 0.3) is 0 Å². The highest BCUT2D eigenvalue weighted by Gasteiger charge is 2.23. The van der Waals surface area contributed by atoms with Crippen LogP contribution in [-0.4, -0.2) is 5.91 Å². The predicted octanol–water partition coefficient (Wildman–Crippen LogP) is 3.36. The molecule has 1 saturated carbocycles. The first kappa shape index (κ1) is 17.1. The van der Waals surface area contributed by atoms with Gasteiger partial charge in [0.05, 0.1) is 11.4 Å². The Balaban J connectivity index is 2.30. The zero-order valence-electron chi connectivity index (χ0n) is 13.4. The van der Waals surface area contributed by atoms with Gasteiger partial charge in [0, 0.05) is 5.92 Å². The number of benzene rings is 1. The maximum absolute atomic E-state index is 12.3. The minimum Gasteiger partial charge on any atom is -0.343 e. The molecule has 120 valence electrons. The van der Waals surface area contributed by atoms with Gasteiger partial charge < -0.3 is 10.6 Å². The maximum Gasteiger partial charge on any atom is 0.227 e. The molecule has 1 aliphatic carbocycles. The van der Waals surface area contributed by atoms with Crippen molar-refractivity contribution in [3.05, 3.63) is 35.0 Å². The number of nitrogens with one attached hydrogen (secondary N) is 2. The molecule has 0 bridgehead atoms. The van der Waals surface area contributed by atoms with Gasteiger partial charge >= 0.3 is 0 Å². The molecular weight excluding hydrogens is 302 g/mol. The van der Waals surface area contributed by atoms with Gasteiger partial charge in [-0.3, -0.25) is 4.79 Å². The number of carbonyl (C=O) groups excluding carboxylic acids is 1. The summed E-state index contributed by atoms with van der Waals surface area (Å²) in [6, 6.07) is 10.5. The monoisotopic (exact) mass is 319 g/mol. The lowest BCUT2D eigenvalue weighted by molar-refractivity contribution is -0.119. The van der Waals surface area contributed by atoms with Crippen molar-refractivity contribution in [2.75, 3.05) is 10.6 Å². The summed E-state index contributed by atoms with van der Waals surface area (Å²) < 4.78 is 0. The number of rotatable bonds is 4. The molecular formula is C18H17N5O. The number of nitrogens with zero attached hydrogens (tertiary/aromatic N) is 3. The fourth-order valence-electron chi connectivity index (χ4n) is 2.71. The Morgan fingerprint density at radius 1 is 1.04 bits per heavy atom. The molecule has 1 amide bonds. The predicted molar refractivity (Wildman–Crippen MR) is 89.3 cm³/mol. The molecule has 0 radical (unpaired) electrons. The molecule has 0 unspecified atom stereocenters. The molecule has 1 aromatic carbocycles. The van der Waals surface area contributed by atoms with Crippen LogP contribution >= 0.6 is 0 Å². The summed E-state index contributed by atoms with van der Waals surface area (Å²) in [4.78, 5) is 12.3. The van der Waals surface area contributed by atoms with Crippen LogP contribution in [0.4, 0.5) is 11.4 Å². The molecule has 2 rings (SSSR count). The first-order chi connectivity index (χ1) is 11.6. The lowest BCUT2D eigenvalue weighted by Crippen LogP contribution is -2.21. The van der Waals surface area contributed by atoms with Crippen molar-refractivity contribution in [1.29, 1.82) is 15.8 Å². The Labute approximate surface area is 141 Å². The van der Waals surface area contributed by atoms with Crippen molar-refractivity contribution >= 4 is 17.3 Å². The third-order valence-corrected chi connectivity index (χ3v) is 4.00. The largest absolute Gasteiger partial charge is 0.343 e. The van der Waals surface area contributed by atoms with Crippen LogP contribution < -0.4 is 10.6 Å². The number of carbonyl (C=O) groups is 1. The summed E-state index contributed by atoms with van der Waals surface area (Å²) in [5.41, 5.74) is 1.50. The molecule has 0 atom stereocenters. The van der Waals surface area contributed by atoms with E-state index < -0.39 is 0 Å². The minimum atomic E-state index is -0.299. The molecule has 2 N–H and O–H groups in total. The average Bonchev–Trinajstić information content (AvgIpc) is 3.11. The number of aryl methyl sites for hydroxylation is 1. The SMILES string of the molecule is Cc1ccc(NC(=O)C2CCCC2)c(NC(C#N)=C(C#N)C#N)c1. The molecule has 0 spiro atoms. The first-order valence-corrected chi connectivity index (χ1v) is 7.72. The van der Waals surface area contributed by atoms with Crippen molar-refractivity contribution in [2.45, 2.75) is 32.6 Å². The molecule has 1 aliphatic rings. The van der Waals surface area contributed by atoms with E-state index in [2.05, 4.69) is 10.6 Å². The lowest BCUT2D eigenvalue weighted by atomic mass is 10.1. The summed E-state index contributed by atoms with van der Waals surface area (Å²) in [5, 5.41) is 32.7.